The van der Waals surface area contributed by atoms with Crippen LogP contribution in [0.25, 0.3) is 6.08 Å². The molecule has 0 spiro atoms. The lowest BCUT2D eigenvalue weighted by atomic mass is 9.90. The normalized spacial score (nSPS) is 15.0. The van der Waals surface area contributed by atoms with E-state index in [2.05, 4.69) is 11.0 Å². The molecule has 2 aromatic rings. The van der Waals surface area contributed by atoms with Gasteiger partial charge in [0.15, 0.2) is 17.3 Å². The van der Waals surface area contributed by atoms with Gasteiger partial charge in [-0.1, -0.05) is 17.5 Å². The summed E-state index contributed by atoms with van der Waals surface area (Å²) in [7, 11) is 3.37. The molecule has 1 aliphatic carbocycles. The number of carbonyl (C=O) groups excluding carboxylic acids is 1. The number of carbonyl (C=O) groups is 1. The molecule has 25 heavy (non-hydrogen) atoms. The standard InChI is InChI=1S/C19H17ClN2O3/c1-4-7-25-19-15(20)9-12(10-17(19)24-3)8-13-5-6-16-14(18(13)23)11-21-22(16)2/h1,8-11H,5-7H2,2-3H3. The molecule has 1 aromatic heterocycles. The minimum absolute atomic E-state index is 0.00269. The Balaban J connectivity index is 1.95. The first kappa shape index (κ1) is 17.1. The fourth-order valence-corrected chi connectivity index (χ4v) is 3.18. The molecule has 5 nitrogen and oxygen atoms in total. The van der Waals surface area contributed by atoms with E-state index in [4.69, 9.17) is 27.5 Å². The van der Waals surface area contributed by atoms with E-state index >= 15 is 0 Å². The van der Waals surface area contributed by atoms with E-state index < -0.39 is 0 Å². The van der Waals surface area contributed by atoms with Gasteiger partial charge >= 0.3 is 0 Å². The van der Waals surface area contributed by atoms with E-state index in [1.54, 1.807) is 23.0 Å². The number of rotatable bonds is 4. The third kappa shape index (κ3) is 3.26. The molecule has 3 rings (SSSR count). The Hall–Kier alpha value is -2.71. The van der Waals surface area contributed by atoms with Crippen molar-refractivity contribution in [1.82, 2.24) is 9.78 Å². The molecule has 0 aliphatic heterocycles. The Morgan fingerprint density at radius 1 is 1.44 bits per heavy atom. The number of terminal acetylenes is 1. The second kappa shape index (κ2) is 7.04. The molecule has 1 aromatic carbocycles. The van der Waals surface area contributed by atoms with Gasteiger partial charge in [-0.25, -0.2) is 0 Å². The predicted octanol–water partition coefficient (Wildman–Crippen LogP) is 3.31. The molecule has 0 fully saturated rings. The molecular weight excluding hydrogens is 340 g/mol. The number of ketones is 1. The number of hydrogen-bond acceptors (Lipinski definition) is 4. The molecule has 6 heteroatoms. The summed E-state index contributed by atoms with van der Waals surface area (Å²) in [6.07, 6.45) is 10.1. The fourth-order valence-electron chi connectivity index (χ4n) is 2.90. The first-order valence-corrected chi connectivity index (χ1v) is 8.13. The highest BCUT2D eigenvalue weighted by atomic mass is 35.5. The van der Waals surface area contributed by atoms with Crippen molar-refractivity contribution in [1.29, 1.82) is 0 Å². The summed E-state index contributed by atoms with van der Waals surface area (Å²) in [5.41, 5.74) is 3.12. The van der Waals surface area contributed by atoms with Gasteiger partial charge in [0, 0.05) is 18.3 Å². The van der Waals surface area contributed by atoms with Crippen molar-refractivity contribution in [3.8, 4) is 23.8 Å². The molecule has 0 saturated heterocycles. The molecule has 0 saturated carbocycles. The van der Waals surface area contributed by atoms with Crippen molar-refractivity contribution in [2.45, 2.75) is 12.8 Å². The van der Waals surface area contributed by atoms with Crippen molar-refractivity contribution >= 4 is 23.5 Å². The van der Waals surface area contributed by atoms with Gasteiger partial charge in [0.05, 0.1) is 23.9 Å². The summed E-state index contributed by atoms with van der Waals surface area (Å²) in [6.45, 7) is 0.0960. The first-order chi connectivity index (χ1) is 12.0. The van der Waals surface area contributed by atoms with Crippen LogP contribution in [0.3, 0.4) is 0 Å². The molecule has 0 atom stereocenters. The van der Waals surface area contributed by atoms with Gasteiger partial charge in [0.1, 0.15) is 6.61 Å². The van der Waals surface area contributed by atoms with Crippen molar-refractivity contribution in [3.63, 3.8) is 0 Å². The summed E-state index contributed by atoms with van der Waals surface area (Å²) in [4.78, 5) is 12.6. The molecule has 0 amide bonds. The second-order valence-corrected chi connectivity index (χ2v) is 6.06. The number of aryl methyl sites for hydroxylation is 1. The highest BCUT2D eigenvalue weighted by Crippen LogP contribution is 2.37. The van der Waals surface area contributed by atoms with Crippen LogP contribution in [0.2, 0.25) is 5.02 Å². The van der Waals surface area contributed by atoms with Crippen LogP contribution in [0.5, 0.6) is 11.5 Å². The number of hydrogen-bond donors (Lipinski definition) is 0. The molecular formula is C19H17ClN2O3. The minimum atomic E-state index is -0.00269. The number of allylic oxidation sites excluding steroid dienone is 1. The van der Waals surface area contributed by atoms with E-state index in [1.165, 1.54) is 7.11 Å². The third-order valence-electron chi connectivity index (χ3n) is 4.12. The van der Waals surface area contributed by atoms with Crippen molar-refractivity contribution in [2.75, 3.05) is 13.7 Å². The number of ether oxygens (including phenoxy) is 2. The Labute approximate surface area is 151 Å². The molecule has 0 bridgehead atoms. The van der Waals surface area contributed by atoms with Crippen molar-refractivity contribution < 1.29 is 14.3 Å². The van der Waals surface area contributed by atoms with Crippen LogP contribution >= 0.6 is 11.6 Å². The minimum Gasteiger partial charge on any atom is -0.493 e. The maximum absolute atomic E-state index is 12.6. The van der Waals surface area contributed by atoms with E-state index in [1.807, 2.05) is 13.1 Å². The number of nitrogens with zero attached hydrogens (tertiary/aromatic N) is 2. The van der Waals surface area contributed by atoms with Gasteiger partial charge < -0.3 is 9.47 Å². The zero-order valence-corrected chi connectivity index (χ0v) is 14.8. The smallest absolute Gasteiger partial charge is 0.192 e. The van der Waals surface area contributed by atoms with Crippen LogP contribution < -0.4 is 9.47 Å². The van der Waals surface area contributed by atoms with E-state index in [0.717, 1.165) is 23.3 Å². The number of benzene rings is 1. The second-order valence-electron chi connectivity index (χ2n) is 5.65. The Kier molecular flexibility index (Phi) is 4.82. The van der Waals surface area contributed by atoms with Gasteiger partial charge in [0.2, 0.25) is 0 Å². The van der Waals surface area contributed by atoms with E-state index in [-0.39, 0.29) is 12.4 Å². The quantitative estimate of drug-likeness (QED) is 0.623. The average molecular weight is 357 g/mol. The topological polar surface area (TPSA) is 53.4 Å². The molecule has 128 valence electrons. The molecule has 0 unspecified atom stereocenters. The van der Waals surface area contributed by atoms with Crippen LogP contribution in [0.1, 0.15) is 28.0 Å². The van der Waals surface area contributed by atoms with E-state index in [0.29, 0.717) is 28.5 Å². The van der Waals surface area contributed by atoms with Gasteiger partial charge in [-0.15, -0.1) is 6.42 Å². The maximum Gasteiger partial charge on any atom is 0.192 e. The van der Waals surface area contributed by atoms with Gasteiger partial charge in [0.25, 0.3) is 0 Å². The summed E-state index contributed by atoms with van der Waals surface area (Å²) >= 11 is 6.29. The SMILES string of the molecule is C#CCOc1c(Cl)cc(C=C2CCc3c(cnn3C)C2=O)cc1OC. The van der Waals surface area contributed by atoms with Crippen LogP contribution in [-0.4, -0.2) is 29.3 Å². The van der Waals surface area contributed by atoms with Crippen LogP contribution in [0.4, 0.5) is 0 Å². The largest absolute Gasteiger partial charge is 0.493 e. The lowest BCUT2D eigenvalue weighted by molar-refractivity contribution is 0.102. The molecule has 1 heterocycles. The Bertz CT molecular complexity index is 906. The number of halogens is 1. The van der Waals surface area contributed by atoms with Crippen LogP contribution in [0.15, 0.2) is 23.9 Å². The van der Waals surface area contributed by atoms with Crippen molar-refractivity contribution in [3.05, 3.63) is 45.7 Å². The zero-order chi connectivity index (χ0) is 18.0. The summed E-state index contributed by atoms with van der Waals surface area (Å²) in [5, 5.41) is 4.55. The number of aromatic nitrogens is 2. The van der Waals surface area contributed by atoms with Crippen LogP contribution in [-0.2, 0) is 13.5 Å². The van der Waals surface area contributed by atoms with Crippen LogP contribution in [0, 0.1) is 12.3 Å². The Morgan fingerprint density at radius 2 is 2.24 bits per heavy atom. The maximum atomic E-state index is 12.6. The summed E-state index contributed by atoms with van der Waals surface area (Å²) in [5.74, 6) is 3.26. The average Bonchev–Trinajstić information content (AvgIpc) is 2.98. The van der Waals surface area contributed by atoms with E-state index in [9.17, 15) is 4.79 Å². The third-order valence-corrected chi connectivity index (χ3v) is 4.40. The van der Waals surface area contributed by atoms with Gasteiger partial charge in [-0.05, 0) is 36.6 Å². The first-order valence-electron chi connectivity index (χ1n) is 7.75. The van der Waals surface area contributed by atoms with Gasteiger partial charge in [-0.3, -0.25) is 9.48 Å². The number of methoxy groups -OCH3 is 1. The highest BCUT2D eigenvalue weighted by molar-refractivity contribution is 6.32. The Morgan fingerprint density at radius 3 is 2.96 bits per heavy atom. The highest BCUT2D eigenvalue weighted by Gasteiger charge is 2.25. The van der Waals surface area contributed by atoms with Gasteiger partial charge in [-0.2, -0.15) is 5.10 Å². The monoisotopic (exact) mass is 356 g/mol. The number of fused-ring (bicyclic) bond motifs is 1. The summed E-state index contributed by atoms with van der Waals surface area (Å²) in [6, 6.07) is 3.51. The zero-order valence-electron chi connectivity index (χ0n) is 14.0. The van der Waals surface area contributed by atoms with Crippen molar-refractivity contribution in [2.24, 2.45) is 7.05 Å². The molecule has 0 radical (unpaired) electrons. The number of Topliss-reactive ketones (excluding diaryl/α,β-unsaturated/α-hetero) is 1. The lowest BCUT2D eigenvalue weighted by Gasteiger charge is -2.15. The molecule has 0 N–H and O–H groups in total. The summed E-state index contributed by atoms with van der Waals surface area (Å²) < 4.78 is 12.5. The lowest BCUT2D eigenvalue weighted by Crippen LogP contribution is -2.15. The fraction of sp³-hybridized carbons (Fsp3) is 0.263. The predicted molar refractivity (Wildman–Crippen MR) is 96.2 cm³/mol. The molecule has 1 aliphatic rings.